The molecule has 0 unspecified atom stereocenters. The summed E-state index contributed by atoms with van der Waals surface area (Å²) in [5, 5.41) is 0. The van der Waals surface area contributed by atoms with E-state index in [0.29, 0.717) is 10.9 Å². The van der Waals surface area contributed by atoms with Crippen molar-refractivity contribution < 1.29 is 4.79 Å². The Labute approximate surface area is 47.5 Å². The zero-order valence-corrected chi connectivity index (χ0v) is 5.62. The van der Waals surface area contributed by atoms with Gasteiger partial charge in [0, 0.05) is 6.42 Å². The molecule has 0 saturated carbocycles. The SMILES string of the molecule is C[S+](C)CCC=O. The monoisotopic (exact) mass is 119 g/mol. The second kappa shape index (κ2) is 4.19. The third-order valence-corrected chi connectivity index (χ3v) is 1.70. The highest BCUT2D eigenvalue weighted by atomic mass is 32.2. The van der Waals surface area contributed by atoms with Gasteiger partial charge in [0.25, 0.3) is 0 Å². The molecule has 7 heavy (non-hydrogen) atoms. The summed E-state index contributed by atoms with van der Waals surface area (Å²) in [4.78, 5) is 9.71. The number of rotatable bonds is 3. The average molecular weight is 119 g/mol. The van der Waals surface area contributed by atoms with E-state index in [0.717, 1.165) is 18.5 Å². The summed E-state index contributed by atoms with van der Waals surface area (Å²) in [7, 11) is 0.453. The molecule has 0 aliphatic rings. The lowest BCUT2D eigenvalue weighted by atomic mass is 10.6. The molecule has 0 saturated heterocycles. The Morgan fingerprint density at radius 3 is 2.29 bits per heavy atom. The lowest BCUT2D eigenvalue weighted by Gasteiger charge is -1.86. The van der Waals surface area contributed by atoms with Crippen LogP contribution in [0.2, 0.25) is 0 Å². The Balaban J connectivity index is 2.81. The highest BCUT2D eigenvalue weighted by Crippen LogP contribution is 1.84. The van der Waals surface area contributed by atoms with E-state index in [9.17, 15) is 4.79 Å². The first-order valence-electron chi connectivity index (χ1n) is 2.25. The summed E-state index contributed by atoms with van der Waals surface area (Å²) in [6.45, 7) is 0. The maximum Gasteiger partial charge on any atom is 0.124 e. The molecule has 0 aromatic carbocycles. The van der Waals surface area contributed by atoms with Gasteiger partial charge < -0.3 is 4.79 Å². The van der Waals surface area contributed by atoms with Crippen LogP contribution in [0.5, 0.6) is 0 Å². The maximum absolute atomic E-state index is 9.71. The molecule has 42 valence electrons. The topological polar surface area (TPSA) is 17.1 Å². The predicted molar refractivity (Wildman–Crippen MR) is 34.8 cm³/mol. The predicted octanol–water partition coefficient (Wildman–Crippen LogP) is 0.453. The van der Waals surface area contributed by atoms with Crippen molar-refractivity contribution in [2.45, 2.75) is 6.42 Å². The summed E-state index contributed by atoms with van der Waals surface area (Å²) in [6, 6.07) is 0. The van der Waals surface area contributed by atoms with E-state index in [-0.39, 0.29) is 0 Å². The van der Waals surface area contributed by atoms with Crippen LogP contribution in [0, 0.1) is 0 Å². The van der Waals surface area contributed by atoms with Crippen LogP contribution >= 0.6 is 0 Å². The van der Waals surface area contributed by atoms with Crippen molar-refractivity contribution in [2.75, 3.05) is 18.3 Å². The van der Waals surface area contributed by atoms with Gasteiger partial charge >= 0.3 is 0 Å². The molecule has 1 nitrogen and oxygen atoms in total. The summed E-state index contributed by atoms with van der Waals surface area (Å²) >= 11 is 0. The van der Waals surface area contributed by atoms with Gasteiger partial charge in [0.05, 0.1) is 12.5 Å². The average Bonchev–Trinajstić information content (AvgIpc) is 1.61. The van der Waals surface area contributed by atoms with E-state index >= 15 is 0 Å². The normalized spacial score (nSPS) is 9.57. The van der Waals surface area contributed by atoms with Crippen molar-refractivity contribution in [2.24, 2.45) is 0 Å². The second-order valence-electron chi connectivity index (χ2n) is 1.65. The number of aldehydes is 1. The third-order valence-electron chi connectivity index (χ3n) is 0.644. The summed E-state index contributed by atoms with van der Waals surface area (Å²) in [5.74, 6) is 1.06. The fraction of sp³-hybridized carbons (Fsp3) is 0.800. The minimum Gasteiger partial charge on any atom is -0.303 e. The molecule has 0 heterocycles. The zero-order valence-electron chi connectivity index (χ0n) is 4.81. The molecule has 0 rings (SSSR count). The molecule has 0 aromatic rings. The first-order valence-corrected chi connectivity index (χ1v) is 4.46. The minimum atomic E-state index is 0.453. The van der Waals surface area contributed by atoms with Crippen LogP contribution in [0.1, 0.15) is 6.42 Å². The number of hydrogen-bond acceptors (Lipinski definition) is 1. The van der Waals surface area contributed by atoms with Gasteiger partial charge in [0.1, 0.15) is 12.0 Å². The van der Waals surface area contributed by atoms with E-state index < -0.39 is 0 Å². The standard InChI is InChI=1S/C5H11OS/c1-7(2)5-3-4-6/h4H,3,5H2,1-2H3/q+1. The molecular formula is C5H11OS+. The zero-order chi connectivity index (χ0) is 5.70. The Morgan fingerprint density at radius 2 is 2.14 bits per heavy atom. The third kappa shape index (κ3) is 6.02. The van der Waals surface area contributed by atoms with Gasteiger partial charge in [-0.25, -0.2) is 0 Å². The lowest BCUT2D eigenvalue weighted by Crippen LogP contribution is -2.00. The highest BCUT2D eigenvalue weighted by Gasteiger charge is 1.97. The summed E-state index contributed by atoms with van der Waals surface area (Å²) in [6.07, 6.45) is 6.00. The van der Waals surface area contributed by atoms with Crippen LogP contribution in [-0.2, 0) is 15.7 Å². The Kier molecular flexibility index (Phi) is 4.20. The van der Waals surface area contributed by atoms with Crippen molar-refractivity contribution in [1.82, 2.24) is 0 Å². The van der Waals surface area contributed by atoms with E-state index in [1.807, 2.05) is 0 Å². The first-order chi connectivity index (χ1) is 3.27. The second-order valence-corrected chi connectivity index (χ2v) is 4.02. The Hall–Kier alpha value is 0.0200. The van der Waals surface area contributed by atoms with Gasteiger partial charge in [-0.05, 0) is 10.9 Å². The number of hydrogen-bond donors (Lipinski definition) is 0. The van der Waals surface area contributed by atoms with Crippen LogP contribution in [0.25, 0.3) is 0 Å². The van der Waals surface area contributed by atoms with Crippen molar-refractivity contribution in [1.29, 1.82) is 0 Å². The fourth-order valence-corrected chi connectivity index (χ4v) is 0.851. The molecule has 0 amide bonds. The van der Waals surface area contributed by atoms with Crippen LogP contribution in [0.3, 0.4) is 0 Å². The molecule has 0 aromatic heterocycles. The van der Waals surface area contributed by atoms with Gasteiger partial charge in [-0.15, -0.1) is 0 Å². The van der Waals surface area contributed by atoms with Crippen LogP contribution in [0.4, 0.5) is 0 Å². The molecule has 0 aliphatic carbocycles. The smallest absolute Gasteiger partial charge is 0.124 e. The van der Waals surface area contributed by atoms with E-state index in [1.165, 1.54) is 0 Å². The van der Waals surface area contributed by atoms with Crippen LogP contribution in [-0.4, -0.2) is 24.6 Å². The molecule has 0 bridgehead atoms. The highest BCUT2D eigenvalue weighted by molar-refractivity contribution is 7.95. The lowest BCUT2D eigenvalue weighted by molar-refractivity contribution is -0.107. The molecule has 0 N–H and O–H groups in total. The first kappa shape index (κ1) is 7.02. The molecule has 0 atom stereocenters. The Bertz CT molecular complexity index is 52.0. The van der Waals surface area contributed by atoms with Crippen LogP contribution in [0.15, 0.2) is 0 Å². The molecule has 0 fully saturated rings. The van der Waals surface area contributed by atoms with Gasteiger partial charge in [-0.1, -0.05) is 0 Å². The van der Waals surface area contributed by atoms with Crippen molar-refractivity contribution >= 4 is 17.2 Å². The van der Waals surface area contributed by atoms with E-state index in [4.69, 9.17) is 0 Å². The van der Waals surface area contributed by atoms with Gasteiger partial charge in [0.2, 0.25) is 0 Å². The largest absolute Gasteiger partial charge is 0.303 e. The molecular weight excluding hydrogens is 108 g/mol. The fourth-order valence-electron chi connectivity index (χ4n) is 0.284. The molecule has 0 spiro atoms. The molecule has 0 aliphatic heterocycles. The number of carbonyl (C=O) groups is 1. The van der Waals surface area contributed by atoms with Gasteiger partial charge in [-0.2, -0.15) is 0 Å². The van der Waals surface area contributed by atoms with E-state index in [2.05, 4.69) is 12.5 Å². The molecule has 2 heteroatoms. The molecule has 0 radical (unpaired) electrons. The number of carbonyl (C=O) groups excluding carboxylic acids is 1. The Morgan fingerprint density at radius 1 is 1.57 bits per heavy atom. The van der Waals surface area contributed by atoms with Crippen molar-refractivity contribution in [3.05, 3.63) is 0 Å². The summed E-state index contributed by atoms with van der Waals surface area (Å²) < 4.78 is 0. The maximum atomic E-state index is 9.71. The minimum absolute atomic E-state index is 0.453. The van der Waals surface area contributed by atoms with Gasteiger partial charge in [-0.3, -0.25) is 0 Å². The van der Waals surface area contributed by atoms with Gasteiger partial charge in [0.15, 0.2) is 0 Å². The summed E-state index contributed by atoms with van der Waals surface area (Å²) in [5.41, 5.74) is 0. The van der Waals surface area contributed by atoms with E-state index in [1.54, 1.807) is 0 Å². The van der Waals surface area contributed by atoms with Crippen LogP contribution < -0.4 is 0 Å². The van der Waals surface area contributed by atoms with Crippen molar-refractivity contribution in [3.63, 3.8) is 0 Å². The van der Waals surface area contributed by atoms with Crippen molar-refractivity contribution in [3.8, 4) is 0 Å². The quantitative estimate of drug-likeness (QED) is 0.389.